The molecule has 1 amide bonds. The highest BCUT2D eigenvalue weighted by atomic mass is 16.5. The average molecular weight is 363 g/mol. The number of nitrogens with zero attached hydrogens (tertiary/aromatic N) is 1. The Hall–Kier alpha value is -3.54. The zero-order chi connectivity index (χ0) is 19.2. The molecule has 0 radical (unpaired) electrons. The van der Waals surface area contributed by atoms with E-state index in [9.17, 15) is 4.79 Å². The Morgan fingerprint density at radius 1 is 1.00 bits per heavy atom. The van der Waals surface area contributed by atoms with E-state index in [0.29, 0.717) is 22.9 Å². The highest BCUT2D eigenvalue weighted by Gasteiger charge is 2.10. The van der Waals surface area contributed by atoms with Crippen LogP contribution in [0.2, 0.25) is 0 Å². The molecule has 138 valence electrons. The van der Waals surface area contributed by atoms with Crippen molar-refractivity contribution in [3.8, 4) is 11.5 Å². The van der Waals surface area contributed by atoms with Crippen LogP contribution in [0.15, 0.2) is 60.8 Å². The Morgan fingerprint density at radius 2 is 1.81 bits per heavy atom. The Kier molecular flexibility index (Phi) is 5.56. The van der Waals surface area contributed by atoms with Gasteiger partial charge in [-0.1, -0.05) is 18.2 Å². The molecule has 1 aromatic heterocycles. The zero-order valence-electron chi connectivity index (χ0n) is 15.4. The number of anilines is 3. The van der Waals surface area contributed by atoms with E-state index in [-0.39, 0.29) is 5.91 Å². The number of aryl methyl sites for hydroxylation is 1. The van der Waals surface area contributed by atoms with Crippen molar-refractivity contribution >= 4 is 23.1 Å². The van der Waals surface area contributed by atoms with Gasteiger partial charge in [-0.05, 0) is 42.8 Å². The normalized spacial score (nSPS) is 10.2. The van der Waals surface area contributed by atoms with E-state index < -0.39 is 0 Å². The summed E-state index contributed by atoms with van der Waals surface area (Å²) in [5, 5.41) is 6.05. The van der Waals surface area contributed by atoms with Gasteiger partial charge < -0.3 is 20.1 Å². The molecule has 2 N–H and O–H groups in total. The standard InChI is InChI=1S/C21H21N3O3/c1-14-6-4-5-7-17(14)21(25)24-20-11-8-15(13-22-20)23-18-10-9-16(26-2)12-19(18)27-3/h4-13,23H,1-3H3,(H,22,24,25). The van der Waals surface area contributed by atoms with Gasteiger partial charge in [-0.25, -0.2) is 4.98 Å². The molecule has 1 heterocycles. The van der Waals surface area contributed by atoms with Crippen molar-refractivity contribution in [1.82, 2.24) is 4.98 Å². The minimum Gasteiger partial charge on any atom is -0.497 e. The number of methoxy groups -OCH3 is 2. The number of pyridine rings is 1. The number of carbonyl (C=O) groups is 1. The van der Waals surface area contributed by atoms with Gasteiger partial charge in [0.1, 0.15) is 17.3 Å². The molecular weight excluding hydrogens is 342 g/mol. The lowest BCUT2D eigenvalue weighted by molar-refractivity contribution is 0.102. The van der Waals surface area contributed by atoms with E-state index >= 15 is 0 Å². The fraction of sp³-hybridized carbons (Fsp3) is 0.143. The average Bonchev–Trinajstić information content (AvgIpc) is 2.70. The molecule has 0 atom stereocenters. The van der Waals surface area contributed by atoms with Gasteiger partial charge in [-0.2, -0.15) is 0 Å². The van der Waals surface area contributed by atoms with Crippen molar-refractivity contribution in [1.29, 1.82) is 0 Å². The Labute approximate surface area is 158 Å². The molecule has 0 saturated carbocycles. The van der Waals surface area contributed by atoms with E-state index in [1.54, 1.807) is 38.6 Å². The van der Waals surface area contributed by atoms with Crippen LogP contribution in [0.3, 0.4) is 0 Å². The molecule has 0 fully saturated rings. The molecule has 27 heavy (non-hydrogen) atoms. The SMILES string of the molecule is COc1ccc(Nc2ccc(NC(=O)c3ccccc3C)nc2)c(OC)c1. The van der Waals surface area contributed by atoms with E-state index in [1.165, 1.54) is 0 Å². The molecular formula is C21H21N3O3. The number of carbonyl (C=O) groups excluding carboxylic acids is 1. The van der Waals surface area contributed by atoms with Crippen LogP contribution in [-0.4, -0.2) is 25.1 Å². The fourth-order valence-corrected chi connectivity index (χ4v) is 2.61. The number of aromatic nitrogens is 1. The summed E-state index contributed by atoms with van der Waals surface area (Å²) in [5.74, 6) is 1.67. The zero-order valence-corrected chi connectivity index (χ0v) is 15.4. The van der Waals surface area contributed by atoms with Crippen LogP contribution in [0.1, 0.15) is 15.9 Å². The largest absolute Gasteiger partial charge is 0.497 e. The van der Waals surface area contributed by atoms with Gasteiger partial charge >= 0.3 is 0 Å². The number of benzene rings is 2. The molecule has 0 spiro atoms. The van der Waals surface area contributed by atoms with Gasteiger partial charge in [0.05, 0.1) is 31.8 Å². The first-order valence-electron chi connectivity index (χ1n) is 8.43. The predicted octanol–water partition coefficient (Wildman–Crippen LogP) is 4.40. The monoisotopic (exact) mass is 363 g/mol. The van der Waals surface area contributed by atoms with Gasteiger partial charge in [0, 0.05) is 11.6 Å². The molecule has 0 saturated heterocycles. The van der Waals surface area contributed by atoms with Gasteiger partial charge in [0.25, 0.3) is 5.91 Å². The second kappa shape index (κ2) is 8.23. The smallest absolute Gasteiger partial charge is 0.257 e. The van der Waals surface area contributed by atoms with Gasteiger partial charge in [-0.3, -0.25) is 4.79 Å². The van der Waals surface area contributed by atoms with E-state index in [2.05, 4.69) is 15.6 Å². The van der Waals surface area contributed by atoms with Crippen LogP contribution < -0.4 is 20.1 Å². The van der Waals surface area contributed by atoms with Gasteiger partial charge in [-0.15, -0.1) is 0 Å². The summed E-state index contributed by atoms with van der Waals surface area (Å²) in [7, 11) is 3.21. The minimum absolute atomic E-state index is 0.182. The fourth-order valence-electron chi connectivity index (χ4n) is 2.61. The first-order valence-corrected chi connectivity index (χ1v) is 8.43. The highest BCUT2D eigenvalue weighted by Crippen LogP contribution is 2.31. The Morgan fingerprint density at radius 3 is 2.48 bits per heavy atom. The molecule has 0 aliphatic carbocycles. The van der Waals surface area contributed by atoms with Crippen LogP contribution >= 0.6 is 0 Å². The molecule has 6 heteroatoms. The number of hydrogen-bond donors (Lipinski definition) is 2. The van der Waals surface area contributed by atoms with Gasteiger partial charge in [0.2, 0.25) is 0 Å². The first kappa shape index (κ1) is 18.3. The van der Waals surface area contributed by atoms with Crippen LogP contribution in [-0.2, 0) is 0 Å². The lowest BCUT2D eigenvalue weighted by atomic mass is 10.1. The maximum atomic E-state index is 12.4. The van der Waals surface area contributed by atoms with Crippen molar-refractivity contribution in [2.75, 3.05) is 24.9 Å². The van der Waals surface area contributed by atoms with E-state index in [4.69, 9.17) is 9.47 Å². The molecule has 6 nitrogen and oxygen atoms in total. The summed E-state index contributed by atoms with van der Waals surface area (Å²) < 4.78 is 10.6. The lowest BCUT2D eigenvalue weighted by Gasteiger charge is -2.13. The maximum Gasteiger partial charge on any atom is 0.257 e. The van der Waals surface area contributed by atoms with Crippen molar-refractivity contribution in [2.45, 2.75) is 6.92 Å². The maximum absolute atomic E-state index is 12.4. The third-order valence-electron chi connectivity index (χ3n) is 4.08. The van der Waals surface area contributed by atoms with Crippen LogP contribution in [0.5, 0.6) is 11.5 Å². The number of nitrogens with one attached hydrogen (secondary N) is 2. The Balaban J connectivity index is 1.71. The number of hydrogen-bond acceptors (Lipinski definition) is 5. The number of ether oxygens (including phenoxy) is 2. The van der Waals surface area contributed by atoms with Crippen molar-refractivity contribution < 1.29 is 14.3 Å². The van der Waals surface area contributed by atoms with Crippen molar-refractivity contribution in [3.05, 3.63) is 71.9 Å². The second-order valence-electron chi connectivity index (χ2n) is 5.89. The summed E-state index contributed by atoms with van der Waals surface area (Å²) >= 11 is 0. The molecule has 2 aromatic carbocycles. The van der Waals surface area contributed by atoms with Crippen LogP contribution in [0, 0.1) is 6.92 Å². The summed E-state index contributed by atoms with van der Waals surface area (Å²) in [6.45, 7) is 1.90. The number of amides is 1. The number of rotatable bonds is 6. The predicted molar refractivity (Wildman–Crippen MR) is 106 cm³/mol. The molecule has 3 rings (SSSR count). The summed E-state index contributed by atoms with van der Waals surface area (Å²) in [6, 6.07) is 16.5. The highest BCUT2D eigenvalue weighted by molar-refractivity contribution is 6.04. The van der Waals surface area contributed by atoms with Crippen molar-refractivity contribution in [3.63, 3.8) is 0 Å². The molecule has 3 aromatic rings. The Bertz CT molecular complexity index is 940. The van der Waals surface area contributed by atoms with Crippen LogP contribution in [0.25, 0.3) is 0 Å². The van der Waals surface area contributed by atoms with E-state index in [1.807, 2.05) is 43.3 Å². The molecule has 0 unspecified atom stereocenters. The topological polar surface area (TPSA) is 72.5 Å². The first-order chi connectivity index (χ1) is 13.1. The molecule has 0 aliphatic heterocycles. The van der Waals surface area contributed by atoms with Gasteiger partial charge in [0.15, 0.2) is 0 Å². The van der Waals surface area contributed by atoms with Crippen LogP contribution in [0.4, 0.5) is 17.2 Å². The second-order valence-corrected chi connectivity index (χ2v) is 5.89. The lowest BCUT2D eigenvalue weighted by Crippen LogP contribution is -2.14. The molecule has 0 bridgehead atoms. The minimum atomic E-state index is -0.182. The molecule has 0 aliphatic rings. The summed E-state index contributed by atoms with van der Waals surface area (Å²) in [6.07, 6.45) is 1.65. The quantitative estimate of drug-likeness (QED) is 0.679. The van der Waals surface area contributed by atoms with Crippen molar-refractivity contribution in [2.24, 2.45) is 0 Å². The van der Waals surface area contributed by atoms with E-state index in [0.717, 1.165) is 16.9 Å². The summed E-state index contributed by atoms with van der Waals surface area (Å²) in [5.41, 5.74) is 3.11. The third-order valence-corrected chi connectivity index (χ3v) is 4.08. The summed E-state index contributed by atoms with van der Waals surface area (Å²) in [4.78, 5) is 16.7. The third kappa shape index (κ3) is 4.36.